The van der Waals surface area contributed by atoms with Gasteiger partial charge in [-0.25, -0.2) is 0 Å². The van der Waals surface area contributed by atoms with Crippen LogP contribution in [0.25, 0.3) is 0 Å². The third-order valence-electron chi connectivity index (χ3n) is 4.28. The maximum absolute atomic E-state index is 12.1. The lowest BCUT2D eigenvalue weighted by molar-refractivity contribution is 0.0799. The summed E-state index contributed by atoms with van der Waals surface area (Å²) in [5, 5.41) is 10.7. The summed E-state index contributed by atoms with van der Waals surface area (Å²) in [4.78, 5) is 12.1. The maximum Gasteiger partial charge on any atom is 0.251 e. The molecule has 1 aliphatic rings. The largest absolute Gasteiger partial charge is 0.399 e. The molecule has 0 saturated carbocycles. The summed E-state index contributed by atoms with van der Waals surface area (Å²) in [5.74, 6) is 0. The highest BCUT2D eigenvalue weighted by Crippen LogP contribution is 2.46. The number of nitrogen functional groups attached to an aromatic ring is 1. The first kappa shape index (κ1) is 12.9. The highest BCUT2D eigenvalue weighted by Gasteiger charge is 2.46. The fourth-order valence-corrected chi connectivity index (χ4v) is 3.11. The zero-order valence-electron chi connectivity index (χ0n) is 11.6. The van der Waals surface area contributed by atoms with Crippen molar-refractivity contribution in [1.29, 1.82) is 0 Å². The predicted molar refractivity (Wildman–Crippen MR) is 78.7 cm³/mol. The molecule has 3 N–H and O–H groups in total. The van der Waals surface area contributed by atoms with Crippen molar-refractivity contribution in [3.63, 3.8) is 0 Å². The second kappa shape index (κ2) is 4.21. The molecule has 104 valence electrons. The Morgan fingerprint density at radius 3 is 2.70 bits per heavy atom. The minimum absolute atomic E-state index is 0.123. The SMILES string of the molecule is CC1(C)c2ccc(N)cc2[C@@H](n2ccccc2=O)[C@@H]1O. The number of nitrogens with zero attached hydrogens (tertiary/aromatic N) is 1. The first-order chi connectivity index (χ1) is 9.43. The van der Waals surface area contributed by atoms with E-state index in [-0.39, 0.29) is 5.56 Å². The highest BCUT2D eigenvalue weighted by atomic mass is 16.3. The van der Waals surface area contributed by atoms with E-state index in [1.807, 2.05) is 32.0 Å². The van der Waals surface area contributed by atoms with Gasteiger partial charge in [0.25, 0.3) is 5.56 Å². The molecule has 0 spiro atoms. The van der Waals surface area contributed by atoms with E-state index in [0.29, 0.717) is 5.69 Å². The summed E-state index contributed by atoms with van der Waals surface area (Å²) in [7, 11) is 0. The van der Waals surface area contributed by atoms with Crippen molar-refractivity contribution < 1.29 is 5.11 Å². The molecule has 4 heteroatoms. The third-order valence-corrected chi connectivity index (χ3v) is 4.28. The molecule has 2 aromatic rings. The number of nitrogens with two attached hydrogens (primary N) is 1. The molecule has 1 aromatic carbocycles. The highest BCUT2D eigenvalue weighted by molar-refractivity contribution is 5.52. The van der Waals surface area contributed by atoms with Gasteiger partial charge in [-0.3, -0.25) is 4.79 Å². The molecule has 1 aromatic heterocycles. The van der Waals surface area contributed by atoms with Gasteiger partial charge >= 0.3 is 0 Å². The lowest BCUT2D eigenvalue weighted by atomic mass is 9.84. The van der Waals surface area contributed by atoms with Crippen molar-refractivity contribution in [3.8, 4) is 0 Å². The number of anilines is 1. The number of aliphatic hydroxyl groups excluding tert-OH is 1. The molecule has 0 bridgehead atoms. The van der Waals surface area contributed by atoms with Crippen LogP contribution in [0.15, 0.2) is 47.4 Å². The maximum atomic E-state index is 12.1. The molecular weight excluding hydrogens is 252 g/mol. The predicted octanol–water partition coefficient (Wildman–Crippen LogP) is 1.67. The van der Waals surface area contributed by atoms with Gasteiger partial charge in [-0.1, -0.05) is 26.0 Å². The van der Waals surface area contributed by atoms with E-state index >= 15 is 0 Å². The minimum Gasteiger partial charge on any atom is -0.399 e. The Bertz CT molecular complexity index is 718. The number of aliphatic hydroxyl groups is 1. The van der Waals surface area contributed by atoms with E-state index in [1.165, 1.54) is 6.07 Å². The van der Waals surface area contributed by atoms with Crippen LogP contribution in [0.3, 0.4) is 0 Å². The summed E-state index contributed by atoms with van der Waals surface area (Å²) in [6.07, 6.45) is 1.05. The van der Waals surface area contributed by atoms with E-state index in [1.54, 1.807) is 22.9 Å². The summed E-state index contributed by atoms with van der Waals surface area (Å²) in [5.41, 5.74) is 7.95. The molecule has 0 unspecified atom stereocenters. The molecular formula is C16H18N2O2. The molecule has 0 radical (unpaired) electrons. The average Bonchev–Trinajstić information content (AvgIpc) is 2.59. The number of rotatable bonds is 1. The monoisotopic (exact) mass is 270 g/mol. The lowest BCUT2D eigenvalue weighted by Gasteiger charge is -2.27. The van der Waals surface area contributed by atoms with Crippen molar-refractivity contribution in [3.05, 3.63) is 64.1 Å². The Hall–Kier alpha value is -2.07. The number of pyridine rings is 1. The molecule has 0 aliphatic heterocycles. The molecule has 0 saturated heterocycles. The van der Waals surface area contributed by atoms with Crippen LogP contribution in [0.2, 0.25) is 0 Å². The molecule has 3 rings (SSSR count). The molecule has 4 nitrogen and oxygen atoms in total. The van der Waals surface area contributed by atoms with E-state index in [0.717, 1.165) is 11.1 Å². The molecule has 2 atom stereocenters. The Morgan fingerprint density at radius 1 is 1.25 bits per heavy atom. The number of aromatic nitrogens is 1. The van der Waals surface area contributed by atoms with Crippen LogP contribution in [-0.4, -0.2) is 15.8 Å². The molecule has 0 fully saturated rings. The number of benzene rings is 1. The molecule has 1 heterocycles. The van der Waals surface area contributed by atoms with Crippen LogP contribution >= 0.6 is 0 Å². The first-order valence-electron chi connectivity index (χ1n) is 6.68. The zero-order valence-corrected chi connectivity index (χ0v) is 11.6. The van der Waals surface area contributed by atoms with Crippen LogP contribution in [0.4, 0.5) is 5.69 Å². The fraction of sp³-hybridized carbons (Fsp3) is 0.312. The van der Waals surface area contributed by atoms with E-state index in [2.05, 4.69) is 0 Å². The summed E-state index contributed by atoms with van der Waals surface area (Å²) in [6.45, 7) is 3.97. The van der Waals surface area contributed by atoms with Gasteiger partial charge < -0.3 is 15.4 Å². The zero-order chi connectivity index (χ0) is 14.5. The second-order valence-corrected chi connectivity index (χ2v) is 5.90. The van der Waals surface area contributed by atoms with E-state index in [9.17, 15) is 9.90 Å². The average molecular weight is 270 g/mol. The summed E-state index contributed by atoms with van der Waals surface area (Å²) in [6, 6.07) is 10.3. The molecule has 0 amide bonds. The Labute approximate surface area is 117 Å². The Balaban J connectivity index is 2.26. The van der Waals surface area contributed by atoms with Crippen molar-refractivity contribution in [2.75, 3.05) is 5.73 Å². The standard InChI is InChI=1S/C16H18N2O2/c1-16(2)12-7-6-10(17)9-11(12)14(15(16)20)18-8-4-3-5-13(18)19/h3-9,14-15,20H,17H2,1-2H3/t14-,15+/m1/s1. The first-order valence-corrected chi connectivity index (χ1v) is 6.68. The van der Waals surface area contributed by atoms with E-state index < -0.39 is 17.6 Å². The quantitative estimate of drug-likeness (QED) is 0.775. The number of hydrogen-bond donors (Lipinski definition) is 2. The minimum atomic E-state index is -0.667. The topological polar surface area (TPSA) is 68.2 Å². The number of hydrogen-bond acceptors (Lipinski definition) is 3. The van der Waals surface area contributed by atoms with E-state index in [4.69, 9.17) is 5.73 Å². The van der Waals surface area contributed by atoms with Crippen LogP contribution < -0.4 is 11.3 Å². The third kappa shape index (κ3) is 1.68. The van der Waals surface area contributed by atoms with Gasteiger partial charge in [-0.2, -0.15) is 0 Å². The van der Waals surface area contributed by atoms with Crippen molar-refractivity contribution in [2.24, 2.45) is 0 Å². The van der Waals surface area contributed by atoms with Gasteiger partial charge in [0.1, 0.15) is 0 Å². The van der Waals surface area contributed by atoms with Gasteiger partial charge in [0, 0.05) is 23.4 Å². The lowest BCUT2D eigenvalue weighted by Crippen LogP contribution is -2.37. The van der Waals surface area contributed by atoms with Gasteiger partial charge in [0.2, 0.25) is 0 Å². The fourth-order valence-electron chi connectivity index (χ4n) is 3.11. The smallest absolute Gasteiger partial charge is 0.251 e. The normalized spacial score (nSPS) is 23.6. The van der Waals surface area contributed by atoms with Crippen molar-refractivity contribution in [2.45, 2.75) is 31.4 Å². The second-order valence-electron chi connectivity index (χ2n) is 5.90. The Kier molecular flexibility index (Phi) is 2.73. The molecule has 1 aliphatic carbocycles. The van der Waals surface area contributed by atoms with Crippen molar-refractivity contribution >= 4 is 5.69 Å². The van der Waals surface area contributed by atoms with Crippen LogP contribution in [0.5, 0.6) is 0 Å². The van der Waals surface area contributed by atoms with Crippen LogP contribution in [0.1, 0.15) is 31.0 Å². The molecule has 20 heavy (non-hydrogen) atoms. The van der Waals surface area contributed by atoms with Crippen LogP contribution in [0, 0.1) is 0 Å². The number of fused-ring (bicyclic) bond motifs is 1. The Morgan fingerprint density at radius 2 is 2.00 bits per heavy atom. The van der Waals surface area contributed by atoms with Crippen LogP contribution in [-0.2, 0) is 5.41 Å². The van der Waals surface area contributed by atoms with Gasteiger partial charge in [-0.05, 0) is 29.3 Å². The van der Waals surface area contributed by atoms with Gasteiger partial charge in [0.15, 0.2) is 0 Å². The van der Waals surface area contributed by atoms with Gasteiger partial charge in [0.05, 0.1) is 12.1 Å². The van der Waals surface area contributed by atoms with Crippen molar-refractivity contribution in [1.82, 2.24) is 4.57 Å². The summed E-state index contributed by atoms with van der Waals surface area (Å²) >= 11 is 0. The van der Waals surface area contributed by atoms with Gasteiger partial charge in [-0.15, -0.1) is 0 Å². The summed E-state index contributed by atoms with van der Waals surface area (Å²) < 4.78 is 1.58.